The maximum atomic E-state index is 12.8. The molecule has 0 aliphatic carbocycles. The lowest BCUT2D eigenvalue weighted by Crippen LogP contribution is -2.19. The predicted octanol–water partition coefficient (Wildman–Crippen LogP) is 4.33. The van der Waals surface area contributed by atoms with Gasteiger partial charge in [-0.25, -0.2) is 9.37 Å². The van der Waals surface area contributed by atoms with E-state index < -0.39 is 0 Å². The van der Waals surface area contributed by atoms with Crippen molar-refractivity contribution in [2.75, 3.05) is 5.32 Å². The lowest BCUT2D eigenvalue weighted by molar-refractivity contribution is 0.626. The van der Waals surface area contributed by atoms with Gasteiger partial charge in [0.2, 0.25) is 0 Å². The fraction of sp³-hybridized carbons (Fsp3) is 0.267. The molecule has 0 saturated heterocycles. The Balaban J connectivity index is 2.01. The number of nitrogens with one attached hydrogen (secondary N) is 1. The summed E-state index contributed by atoms with van der Waals surface area (Å²) in [5, 5.41) is 3.42. The molecule has 0 fully saturated rings. The highest BCUT2D eigenvalue weighted by Gasteiger charge is 2.06. The second-order valence-corrected chi connectivity index (χ2v) is 5.46. The molecule has 0 amide bonds. The number of halogens is 2. The first-order valence-corrected chi connectivity index (χ1v) is 6.98. The number of aryl methyl sites for hydroxylation is 1. The molecular weight excluding hydrogens is 307 g/mol. The lowest BCUT2D eigenvalue weighted by Gasteiger charge is -2.16. The van der Waals surface area contributed by atoms with E-state index in [9.17, 15) is 4.39 Å². The van der Waals surface area contributed by atoms with Gasteiger partial charge in [-0.15, -0.1) is 0 Å². The molecular formula is C15H16BrFN2. The number of hydrogen-bond donors (Lipinski definition) is 1. The van der Waals surface area contributed by atoms with Gasteiger partial charge in [0.15, 0.2) is 0 Å². The van der Waals surface area contributed by atoms with Crippen LogP contribution in [0, 0.1) is 12.7 Å². The Hall–Kier alpha value is -1.42. The number of aromatic nitrogens is 1. The fourth-order valence-electron chi connectivity index (χ4n) is 1.97. The number of rotatable bonds is 4. The molecule has 4 heteroatoms. The van der Waals surface area contributed by atoms with E-state index in [1.54, 1.807) is 0 Å². The SMILES string of the molecule is Cc1nc(Br)ccc1NC(C)Cc1ccc(F)cc1. The van der Waals surface area contributed by atoms with Crippen molar-refractivity contribution in [3.63, 3.8) is 0 Å². The third-order valence-electron chi connectivity index (χ3n) is 2.91. The Labute approximate surface area is 121 Å². The quantitative estimate of drug-likeness (QED) is 0.847. The molecule has 0 spiro atoms. The van der Waals surface area contributed by atoms with E-state index in [1.165, 1.54) is 12.1 Å². The van der Waals surface area contributed by atoms with Crippen LogP contribution in [0.1, 0.15) is 18.2 Å². The van der Waals surface area contributed by atoms with Crippen LogP contribution < -0.4 is 5.32 Å². The van der Waals surface area contributed by atoms with Gasteiger partial charge in [0.05, 0.1) is 11.4 Å². The van der Waals surface area contributed by atoms with Crippen molar-refractivity contribution >= 4 is 21.6 Å². The van der Waals surface area contributed by atoms with E-state index in [0.29, 0.717) is 0 Å². The van der Waals surface area contributed by atoms with Crippen LogP contribution in [0.2, 0.25) is 0 Å². The molecule has 0 bridgehead atoms. The van der Waals surface area contributed by atoms with E-state index >= 15 is 0 Å². The van der Waals surface area contributed by atoms with E-state index in [0.717, 1.165) is 28.0 Å². The number of pyridine rings is 1. The summed E-state index contributed by atoms with van der Waals surface area (Å²) in [6, 6.07) is 10.8. The summed E-state index contributed by atoms with van der Waals surface area (Å²) in [5.74, 6) is -0.197. The first-order chi connectivity index (χ1) is 9.04. The summed E-state index contributed by atoms with van der Waals surface area (Å²) in [6.45, 7) is 4.07. The zero-order valence-electron chi connectivity index (χ0n) is 11.0. The molecule has 1 heterocycles. The molecule has 0 aliphatic rings. The van der Waals surface area contributed by atoms with Crippen LogP contribution in [0.4, 0.5) is 10.1 Å². The van der Waals surface area contributed by atoms with Crippen LogP contribution in [0.15, 0.2) is 41.0 Å². The second-order valence-electron chi connectivity index (χ2n) is 4.64. The highest BCUT2D eigenvalue weighted by Crippen LogP contribution is 2.18. The molecule has 0 radical (unpaired) electrons. The van der Waals surface area contributed by atoms with Crippen molar-refractivity contribution in [2.24, 2.45) is 0 Å². The zero-order chi connectivity index (χ0) is 13.8. The van der Waals surface area contributed by atoms with Crippen LogP contribution in [0.5, 0.6) is 0 Å². The van der Waals surface area contributed by atoms with Crippen LogP contribution in [-0.4, -0.2) is 11.0 Å². The normalized spacial score (nSPS) is 12.2. The summed E-state index contributed by atoms with van der Waals surface area (Å²) in [4.78, 5) is 4.35. The summed E-state index contributed by atoms with van der Waals surface area (Å²) < 4.78 is 13.7. The molecule has 1 atom stereocenters. The minimum absolute atomic E-state index is 0.197. The molecule has 1 aromatic heterocycles. The summed E-state index contributed by atoms with van der Waals surface area (Å²) in [6.07, 6.45) is 0.843. The van der Waals surface area contributed by atoms with Crippen LogP contribution in [0.3, 0.4) is 0 Å². The summed E-state index contributed by atoms with van der Waals surface area (Å²) in [5.41, 5.74) is 3.10. The van der Waals surface area contributed by atoms with Gasteiger partial charge in [0, 0.05) is 6.04 Å². The van der Waals surface area contributed by atoms with E-state index in [4.69, 9.17) is 0 Å². The number of nitrogens with zero attached hydrogens (tertiary/aromatic N) is 1. The average Bonchev–Trinajstić information content (AvgIpc) is 2.36. The molecule has 1 unspecified atom stereocenters. The largest absolute Gasteiger partial charge is 0.381 e. The topological polar surface area (TPSA) is 24.9 Å². The smallest absolute Gasteiger partial charge is 0.123 e. The number of benzene rings is 1. The third kappa shape index (κ3) is 4.03. The van der Waals surface area contributed by atoms with Crippen LogP contribution in [-0.2, 0) is 6.42 Å². The van der Waals surface area contributed by atoms with Crippen molar-refractivity contribution < 1.29 is 4.39 Å². The Morgan fingerprint density at radius 1 is 1.21 bits per heavy atom. The highest BCUT2D eigenvalue weighted by molar-refractivity contribution is 9.10. The first-order valence-electron chi connectivity index (χ1n) is 6.19. The monoisotopic (exact) mass is 322 g/mol. The van der Waals surface area contributed by atoms with Crippen molar-refractivity contribution in [3.8, 4) is 0 Å². The van der Waals surface area contributed by atoms with Gasteiger partial charge in [-0.1, -0.05) is 12.1 Å². The maximum Gasteiger partial charge on any atom is 0.123 e. The molecule has 19 heavy (non-hydrogen) atoms. The lowest BCUT2D eigenvalue weighted by atomic mass is 10.1. The predicted molar refractivity (Wildman–Crippen MR) is 79.9 cm³/mol. The summed E-state index contributed by atoms with van der Waals surface area (Å²) in [7, 11) is 0. The standard InChI is InChI=1S/C15H16BrFN2/c1-10(9-12-3-5-13(17)6-4-12)18-14-7-8-15(16)19-11(14)2/h3-8,10,18H,9H2,1-2H3. The van der Waals surface area contributed by atoms with E-state index in [1.807, 2.05) is 31.2 Å². The van der Waals surface area contributed by atoms with Gasteiger partial charge in [0.25, 0.3) is 0 Å². The van der Waals surface area contributed by atoms with Crippen molar-refractivity contribution in [1.82, 2.24) is 4.98 Å². The molecule has 100 valence electrons. The van der Waals surface area contributed by atoms with Crippen molar-refractivity contribution in [1.29, 1.82) is 0 Å². The van der Waals surface area contributed by atoms with Gasteiger partial charge in [-0.05, 0) is 66.0 Å². The molecule has 1 N–H and O–H groups in total. The molecule has 2 rings (SSSR count). The summed E-state index contributed by atoms with van der Waals surface area (Å²) >= 11 is 3.35. The van der Waals surface area contributed by atoms with E-state index in [2.05, 4.69) is 33.2 Å². The highest BCUT2D eigenvalue weighted by atomic mass is 79.9. The van der Waals surface area contributed by atoms with Gasteiger partial charge in [-0.3, -0.25) is 0 Å². The molecule has 0 saturated carbocycles. The van der Waals surface area contributed by atoms with Crippen LogP contribution in [0.25, 0.3) is 0 Å². The Kier molecular flexibility index (Phi) is 4.53. The van der Waals surface area contributed by atoms with Crippen molar-refractivity contribution in [3.05, 3.63) is 58.1 Å². The zero-order valence-corrected chi connectivity index (χ0v) is 12.5. The molecule has 2 aromatic rings. The van der Waals surface area contributed by atoms with Gasteiger partial charge < -0.3 is 5.32 Å². The van der Waals surface area contributed by atoms with Gasteiger partial charge in [-0.2, -0.15) is 0 Å². The number of hydrogen-bond acceptors (Lipinski definition) is 2. The fourth-order valence-corrected chi connectivity index (χ4v) is 2.37. The number of anilines is 1. The van der Waals surface area contributed by atoms with E-state index in [-0.39, 0.29) is 11.9 Å². The minimum Gasteiger partial charge on any atom is -0.381 e. The molecule has 0 aliphatic heterocycles. The average molecular weight is 323 g/mol. The first kappa shape index (κ1) is 14.0. The third-order valence-corrected chi connectivity index (χ3v) is 3.35. The van der Waals surface area contributed by atoms with Crippen molar-refractivity contribution in [2.45, 2.75) is 26.3 Å². The maximum absolute atomic E-state index is 12.8. The Morgan fingerprint density at radius 2 is 1.89 bits per heavy atom. The second kappa shape index (κ2) is 6.15. The molecule has 1 aromatic carbocycles. The molecule has 2 nitrogen and oxygen atoms in total. The van der Waals surface area contributed by atoms with Gasteiger partial charge in [0.1, 0.15) is 10.4 Å². The van der Waals surface area contributed by atoms with Gasteiger partial charge >= 0.3 is 0 Å². The minimum atomic E-state index is -0.197. The Bertz CT molecular complexity index is 555. The van der Waals surface area contributed by atoms with Crippen LogP contribution >= 0.6 is 15.9 Å². The Morgan fingerprint density at radius 3 is 2.53 bits per heavy atom.